The number of carbonyl (C=O) groups excluding carboxylic acids is 1. The van der Waals surface area contributed by atoms with Crippen molar-refractivity contribution in [2.45, 2.75) is 12.1 Å². The van der Waals surface area contributed by atoms with Crippen molar-refractivity contribution in [1.82, 2.24) is 9.36 Å². The zero-order chi connectivity index (χ0) is 25.4. The molecule has 0 aliphatic heterocycles. The molecule has 182 valence electrons. The zero-order valence-corrected chi connectivity index (χ0v) is 20.8. The first-order valence-electron chi connectivity index (χ1n) is 10.2. The molecule has 1 heterocycles. The van der Waals surface area contributed by atoms with E-state index in [0.29, 0.717) is 35.2 Å². The standard InChI is InChI=1S/C23H22N4O6S2/c1-15-5-4-6-18(11-15)32-9-10-33-19-8-7-16(13-20(19)31-2)12-17(14-24)21(28)25-22-26-23(27-34-22)35(3,29)30/h4-8,11-13H,9-10H2,1-3H3,(H,25,26,27,28)/b17-12-. The molecule has 1 aromatic heterocycles. The number of nitrogens with zero attached hydrogens (tertiary/aromatic N) is 3. The van der Waals surface area contributed by atoms with E-state index in [4.69, 9.17) is 14.2 Å². The molecule has 0 spiro atoms. The van der Waals surface area contributed by atoms with E-state index in [1.807, 2.05) is 37.3 Å². The summed E-state index contributed by atoms with van der Waals surface area (Å²) in [5.74, 6) is 0.886. The summed E-state index contributed by atoms with van der Waals surface area (Å²) in [6.45, 7) is 2.60. The number of nitriles is 1. The maximum atomic E-state index is 12.5. The van der Waals surface area contributed by atoms with Crippen LogP contribution in [0.5, 0.6) is 17.2 Å². The highest BCUT2D eigenvalue weighted by molar-refractivity contribution is 7.90. The van der Waals surface area contributed by atoms with E-state index in [2.05, 4.69) is 14.7 Å². The summed E-state index contributed by atoms with van der Waals surface area (Å²) < 4.78 is 43.4. The number of aryl methyl sites for hydroxylation is 1. The average molecular weight is 515 g/mol. The number of nitrogens with one attached hydrogen (secondary N) is 1. The highest BCUT2D eigenvalue weighted by Crippen LogP contribution is 2.29. The van der Waals surface area contributed by atoms with Gasteiger partial charge in [0.2, 0.25) is 15.0 Å². The topological polar surface area (TPSA) is 140 Å². The summed E-state index contributed by atoms with van der Waals surface area (Å²) in [5.41, 5.74) is 1.40. The van der Waals surface area contributed by atoms with Gasteiger partial charge in [0, 0.05) is 17.8 Å². The number of amides is 1. The number of aromatic nitrogens is 2. The molecule has 0 unspecified atom stereocenters. The van der Waals surface area contributed by atoms with Gasteiger partial charge in [0.25, 0.3) is 11.1 Å². The molecule has 0 radical (unpaired) electrons. The van der Waals surface area contributed by atoms with E-state index in [-0.39, 0.29) is 17.3 Å². The molecule has 1 N–H and O–H groups in total. The van der Waals surface area contributed by atoms with Gasteiger partial charge in [0.1, 0.15) is 30.6 Å². The Balaban J connectivity index is 1.64. The fourth-order valence-electron chi connectivity index (χ4n) is 2.80. The lowest BCUT2D eigenvalue weighted by atomic mass is 10.1. The first-order chi connectivity index (χ1) is 16.7. The molecule has 0 aliphatic rings. The molecule has 3 rings (SSSR count). The molecule has 3 aromatic rings. The monoisotopic (exact) mass is 514 g/mol. The highest BCUT2D eigenvalue weighted by Gasteiger charge is 2.17. The lowest BCUT2D eigenvalue weighted by Gasteiger charge is -2.12. The molecule has 35 heavy (non-hydrogen) atoms. The van der Waals surface area contributed by atoms with Crippen LogP contribution in [0, 0.1) is 18.3 Å². The van der Waals surface area contributed by atoms with Gasteiger partial charge >= 0.3 is 0 Å². The van der Waals surface area contributed by atoms with Crippen LogP contribution in [0.1, 0.15) is 11.1 Å². The number of methoxy groups -OCH3 is 1. The van der Waals surface area contributed by atoms with Crippen LogP contribution in [0.3, 0.4) is 0 Å². The number of hydrogen-bond acceptors (Lipinski definition) is 10. The van der Waals surface area contributed by atoms with Crippen molar-refractivity contribution in [2.75, 3.05) is 31.9 Å². The molecule has 1 amide bonds. The minimum Gasteiger partial charge on any atom is -0.493 e. The Hall–Kier alpha value is -3.95. The molecule has 10 nitrogen and oxygen atoms in total. The Morgan fingerprint density at radius 1 is 1.17 bits per heavy atom. The van der Waals surface area contributed by atoms with E-state index >= 15 is 0 Å². The number of rotatable bonds is 10. The van der Waals surface area contributed by atoms with E-state index in [9.17, 15) is 18.5 Å². The van der Waals surface area contributed by atoms with Gasteiger partial charge in [-0.25, -0.2) is 8.42 Å². The van der Waals surface area contributed by atoms with E-state index in [0.717, 1.165) is 17.6 Å². The first kappa shape index (κ1) is 25.7. The molecule has 0 saturated carbocycles. The Morgan fingerprint density at radius 2 is 1.94 bits per heavy atom. The number of hydrogen-bond donors (Lipinski definition) is 1. The van der Waals surface area contributed by atoms with Crippen LogP contribution in [0.25, 0.3) is 6.08 Å². The van der Waals surface area contributed by atoms with Gasteiger partial charge in [-0.2, -0.15) is 14.6 Å². The summed E-state index contributed by atoms with van der Waals surface area (Å²) in [6.07, 6.45) is 2.32. The van der Waals surface area contributed by atoms with Crippen LogP contribution >= 0.6 is 11.5 Å². The minimum atomic E-state index is -3.60. The minimum absolute atomic E-state index is 0.0363. The maximum Gasteiger partial charge on any atom is 0.268 e. The molecule has 12 heteroatoms. The van der Waals surface area contributed by atoms with Crippen molar-refractivity contribution in [3.63, 3.8) is 0 Å². The summed E-state index contributed by atoms with van der Waals surface area (Å²) in [6, 6.07) is 14.5. The van der Waals surface area contributed by atoms with Crippen molar-refractivity contribution in [2.24, 2.45) is 0 Å². The van der Waals surface area contributed by atoms with Gasteiger partial charge in [0.15, 0.2) is 11.5 Å². The Morgan fingerprint density at radius 3 is 2.60 bits per heavy atom. The molecule has 0 saturated heterocycles. The third kappa shape index (κ3) is 7.26. The van der Waals surface area contributed by atoms with Gasteiger partial charge in [-0.3, -0.25) is 10.1 Å². The summed E-state index contributed by atoms with van der Waals surface area (Å²) in [5, 5.41) is 11.4. The van der Waals surface area contributed by atoms with E-state index in [1.165, 1.54) is 13.2 Å². The van der Waals surface area contributed by atoms with Gasteiger partial charge in [0.05, 0.1) is 7.11 Å². The lowest BCUT2D eigenvalue weighted by Crippen LogP contribution is -2.13. The van der Waals surface area contributed by atoms with Gasteiger partial charge in [-0.1, -0.05) is 18.2 Å². The molecule has 0 aliphatic carbocycles. The molecule has 0 fully saturated rings. The molecule has 0 atom stereocenters. The second-order valence-corrected chi connectivity index (χ2v) is 9.86. The summed E-state index contributed by atoms with van der Waals surface area (Å²) >= 11 is 0.700. The second-order valence-electron chi connectivity index (χ2n) is 7.20. The normalized spacial score (nSPS) is 11.4. The van der Waals surface area contributed by atoms with Gasteiger partial charge in [-0.05, 0) is 48.4 Å². The fourth-order valence-corrected chi connectivity index (χ4v) is 4.24. The summed E-state index contributed by atoms with van der Waals surface area (Å²) in [7, 11) is -2.13. The van der Waals surface area contributed by atoms with Crippen LogP contribution in [0.2, 0.25) is 0 Å². The van der Waals surface area contributed by atoms with Crippen molar-refractivity contribution in [3.05, 3.63) is 59.2 Å². The molecular formula is C23H22N4O6S2. The smallest absolute Gasteiger partial charge is 0.268 e. The largest absolute Gasteiger partial charge is 0.493 e. The predicted molar refractivity (Wildman–Crippen MR) is 130 cm³/mol. The average Bonchev–Trinajstić information content (AvgIpc) is 3.30. The van der Waals surface area contributed by atoms with Crippen LogP contribution in [0.4, 0.5) is 5.13 Å². The van der Waals surface area contributed by atoms with Crippen LogP contribution in [-0.2, 0) is 14.6 Å². The number of carbonyl (C=O) groups is 1. The Bertz CT molecular complexity index is 1390. The van der Waals surface area contributed by atoms with Crippen LogP contribution in [-0.4, -0.2) is 50.3 Å². The predicted octanol–water partition coefficient (Wildman–Crippen LogP) is 3.26. The number of anilines is 1. The number of benzene rings is 2. The summed E-state index contributed by atoms with van der Waals surface area (Å²) in [4.78, 5) is 16.2. The van der Waals surface area contributed by atoms with Crippen LogP contribution in [0.15, 0.2) is 53.2 Å². The quantitative estimate of drug-likeness (QED) is 0.245. The van der Waals surface area contributed by atoms with Crippen LogP contribution < -0.4 is 19.5 Å². The fraction of sp³-hybridized carbons (Fsp3) is 0.217. The SMILES string of the molecule is COc1cc(/C=C(/C#N)C(=O)Nc2nc(S(C)(=O)=O)ns2)ccc1OCCOc1cccc(C)c1. The Kier molecular flexibility index (Phi) is 8.40. The van der Waals surface area contributed by atoms with Crippen molar-refractivity contribution >= 4 is 38.5 Å². The first-order valence-corrected chi connectivity index (χ1v) is 12.8. The zero-order valence-electron chi connectivity index (χ0n) is 19.1. The van der Waals surface area contributed by atoms with Gasteiger partial charge in [-0.15, -0.1) is 0 Å². The maximum absolute atomic E-state index is 12.5. The molecular weight excluding hydrogens is 492 g/mol. The van der Waals surface area contributed by atoms with Crippen molar-refractivity contribution in [1.29, 1.82) is 5.26 Å². The van der Waals surface area contributed by atoms with E-state index < -0.39 is 20.9 Å². The van der Waals surface area contributed by atoms with Gasteiger partial charge < -0.3 is 14.2 Å². The number of ether oxygens (including phenoxy) is 3. The third-order valence-corrected chi connectivity index (χ3v) is 6.01. The lowest BCUT2D eigenvalue weighted by molar-refractivity contribution is -0.112. The second kappa shape index (κ2) is 11.5. The number of sulfone groups is 1. The van der Waals surface area contributed by atoms with Crippen molar-refractivity contribution < 1.29 is 27.4 Å². The third-order valence-electron chi connectivity index (χ3n) is 4.42. The molecule has 2 aromatic carbocycles. The Labute approximate surface area is 206 Å². The highest BCUT2D eigenvalue weighted by atomic mass is 32.2. The van der Waals surface area contributed by atoms with Crippen molar-refractivity contribution in [3.8, 4) is 23.3 Å². The van der Waals surface area contributed by atoms with E-state index in [1.54, 1.807) is 18.2 Å². The molecule has 0 bridgehead atoms.